The van der Waals surface area contributed by atoms with E-state index in [0.717, 1.165) is 50.0 Å². The predicted octanol–water partition coefficient (Wildman–Crippen LogP) is 4.47. The number of sulfone groups is 1. The first-order chi connectivity index (χ1) is 17.6. The second-order valence-corrected chi connectivity index (χ2v) is 12.4. The van der Waals surface area contributed by atoms with Crippen LogP contribution in [0.2, 0.25) is 5.02 Å². The van der Waals surface area contributed by atoms with Gasteiger partial charge in [0.05, 0.1) is 23.5 Å². The molecule has 1 spiro atoms. The van der Waals surface area contributed by atoms with E-state index in [1.807, 2.05) is 29.2 Å². The predicted molar refractivity (Wildman–Crippen MR) is 149 cm³/mol. The van der Waals surface area contributed by atoms with Crippen molar-refractivity contribution in [2.45, 2.75) is 43.2 Å². The average Bonchev–Trinajstić information content (AvgIpc) is 3.17. The molecule has 2 aromatic rings. The Morgan fingerprint density at radius 2 is 1.71 bits per heavy atom. The second-order valence-electron chi connectivity index (χ2n) is 10.0. The van der Waals surface area contributed by atoms with E-state index in [1.54, 1.807) is 24.3 Å². The van der Waals surface area contributed by atoms with Crippen molar-refractivity contribution in [1.29, 1.82) is 0 Å². The number of hydrogen-bond acceptors (Lipinski definition) is 6. The SMILES string of the molecule is COC(=O)NC(CCN1CCC2(CC1)CCN(Cc1ccc(S(C)(=O)=O)cc1)C2=O)c1ccccc1Cl.Cl. The lowest BCUT2D eigenvalue weighted by Gasteiger charge is -2.38. The van der Waals surface area contributed by atoms with Crippen LogP contribution in [-0.4, -0.2) is 69.8 Å². The molecule has 208 valence electrons. The lowest BCUT2D eigenvalue weighted by molar-refractivity contribution is -0.138. The molecule has 2 fully saturated rings. The van der Waals surface area contributed by atoms with Gasteiger partial charge in [0.2, 0.25) is 5.91 Å². The minimum Gasteiger partial charge on any atom is -0.453 e. The quantitative estimate of drug-likeness (QED) is 0.492. The van der Waals surface area contributed by atoms with Crippen molar-refractivity contribution in [3.63, 3.8) is 0 Å². The molecule has 38 heavy (non-hydrogen) atoms. The van der Waals surface area contributed by atoms with Gasteiger partial charge in [0, 0.05) is 30.9 Å². The molecule has 11 heteroatoms. The number of ether oxygens (including phenoxy) is 1. The minimum absolute atomic E-state index is 0. The first-order valence-electron chi connectivity index (χ1n) is 12.5. The van der Waals surface area contributed by atoms with Gasteiger partial charge in [-0.3, -0.25) is 4.79 Å². The zero-order chi connectivity index (χ0) is 26.6. The molecular weight excluding hydrogens is 549 g/mol. The van der Waals surface area contributed by atoms with E-state index in [9.17, 15) is 18.0 Å². The van der Waals surface area contributed by atoms with Crippen LogP contribution in [0.15, 0.2) is 53.4 Å². The molecule has 2 aliphatic rings. The van der Waals surface area contributed by atoms with Gasteiger partial charge in [-0.25, -0.2) is 13.2 Å². The number of nitrogens with one attached hydrogen (secondary N) is 1. The molecule has 0 bridgehead atoms. The summed E-state index contributed by atoms with van der Waals surface area (Å²) >= 11 is 6.39. The molecule has 2 aromatic carbocycles. The highest BCUT2D eigenvalue weighted by atomic mass is 35.5. The number of carbonyl (C=O) groups is 2. The zero-order valence-electron chi connectivity index (χ0n) is 21.7. The number of benzene rings is 2. The van der Waals surface area contributed by atoms with Crippen molar-refractivity contribution < 1.29 is 22.7 Å². The molecular formula is C27H35Cl2N3O5S. The molecule has 0 aromatic heterocycles. The van der Waals surface area contributed by atoms with Gasteiger partial charge in [-0.15, -0.1) is 12.4 Å². The molecule has 2 amide bonds. The maximum absolute atomic E-state index is 13.4. The summed E-state index contributed by atoms with van der Waals surface area (Å²) in [6, 6.07) is 14.0. The van der Waals surface area contributed by atoms with E-state index in [-0.39, 0.29) is 34.7 Å². The highest BCUT2D eigenvalue weighted by molar-refractivity contribution is 7.90. The number of amides is 2. The summed E-state index contributed by atoms with van der Waals surface area (Å²) in [7, 11) is -1.90. The largest absolute Gasteiger partial charge is 0.453 e. The van der Waals surface area contributed by atoms with E-state index >= 15 is 0 Å². The standard InChI is InChI=1S/C27H34ClN3O5S.ClH/c1-36-26(33)29-24(22-5-3-4-6-23(22)28)11-15-30-16-12-27(13-17-30)14-18-31(25(27)32)19-20-7-9-21(10-8-20)37(2,34)35;/h3-10,24H,11-19H2,1-2H3,(H,29,33);1H. The molecule has 1 unspecified atom stereocenters. The molecule has 0 aliphatic carbocycles. The van der Waals surface area contributed by atoms with Crippen molar-refractivity contribution in [3.05, 3.63) is 64.7 Å². The normalized spacial score (nSPS) is 18.2. The fourth-order valence-electron chi connectivity index (χ4n) is 5.35. The molecule has 2 saturated heterocycles. The Balaban J connectivity index is 0.00000400. The van der Waals surface area contributed by atoms with Crippen LogP contribution in [-0.2, 0) is 25.9 Å². The summed E-state index contributed by atoms with van der Waals surface area (Å²) in [5.74, 6) is 0.195. The summed E-state index contributed by atoms with van der Waals surface area (Å²) in [6.07, 6.45) is 3.81. The summed E-state index contributed by atoms with van der Waals surface area (Å²) < 4.78 is 28.2. The van der Waals surface area contributed by atoms with Crippen molar-refractivity contribution in [2.75, 3.05) is 39.5 Å². The first-order valence-corrected chi connectivity index (χ1v) is 14.8. The van der Waals surface area contributed by atoms with Crippen LogP contribution in [0, 0.1) is 5.41 Å². The Bertz CT molecular complexity index is 1230. The number of carbonyl (C=O) groups excluding carboxylic acids is 2. The maximum atomic E-state index is 13.4. The van der Waals surface area contributed by atoms with Crippen LogP contribution < -0.4 is 5.32 Å². The number of halogens is 2. The number of methoxy groups -OCH3 is 1. The van der Waals surface area contributed by atoms with Crippen LogP contribution in [0.25, 0.3) is 0 Å². The molecule has 0 saturated carbocycles. The summed E-state index contributed by atoms with van der Waals surface area (Å²) in [6.45, 7) is 3.60. The third kappa shape index (κ3) is 7.00. The molecule has 2 aliphatic heterocycles. The fraction of sp³-hybridized carbons (Fsp3) is 0.481. The average molecular weight is 585 g/mol. The van der Waals surface area contributed by atoms with E-state index in [0.29, 0.717) is 24.5 Å². The maximum Gasteiger partial charge on any atom is 0.407 e. The molecule has 0 radical (unpaired) electrons. The Morgan fingerprint density at radius 1 is 1.08 bits per heavy atom. The van der Waals surface area contributed by atoms with Crippen LogP contribution in [0.5, 0.6) is 0 Å². The number of alkyl carbamates (subject to hydrolysis) is 1. The van der Waals surface area contributed by atoms with Gasteiger partial charge in [0.1, 0.15) is 0 Å². The molecule has 2 heterocycles. The molecule has 1 N–H and O–H groups in total. The topological polar surface area (TPSA) is 96.0 Å². The van der Waals surface area contributed by atoms with Crippen molar-refractivity contribution >= 4 is 45.8 Å². The summed E-state index contributed by atoms with van der Waals surface area (Å²) in [5.41, 5.74) is 1.46. The van der Waals surface area contributed by atoms with Gasteiger partial charge < -0.3 is 19.9 Å². The Hall–Kier alpha value is -2.33. The van der Waals surface area contributed by atoms with Crippen molar-refractivity contribution in [3.8, 4) is 0 Å². The number of piperidine rings is 1. The van der Waals surface area contributed by atoms with Gasteiger partial charge in [-0.05, 0) is 68.1 Å². The zero-order valence-corrected chi connectivity index (χ0v) is 24.1. The number of rotatable bonds is 8. The van der Waals surface area contributed by atoms with E-state index in [1.165, 1.54) is 13.4 Å². The molecule has 1 atom stereocenters. The van der Waals surface area contributed by atoms with E-state index in [2.05, 4.69) is 10.2 Å². The highest BCUT2D eigenvalue weighted by Gasteiger charge is 2.47. The number of nitrogens with zero attached hydrogens (tertiary/aromatic N) is 2. The Morgan fingerprint density at radius 3 is 2.32 bits per heavy atom. The highest BCUT2D eigenvalue weighted by Crippen LogP contribution is 2.42. The third-order valence-corrected chi connectivity index (χ3v) is 9.10. The summed E-state index contributed by atoms with van der Waals surface area (Å²) in [4.78, 5) is 29.9. The van der Waals surface area contributed by atoms with Crippen molar-refractivity contribution in [2.24, 2.45) is 5.41 Å². The van der Waals surface area contributed by atoms with Crippen LogP contribution in [0.4, 0.5) is 4.79 Å². The van der Waals surface area contributed by atoms with E-state index in [4.69, 9.17) is 16.3 Å². The minimum atomic E-state index is -3.24. The monoisotopic (exact) mass is 583 g/mol. The third-order valence-electron chi connectivity index (χ3n) is 7.63. The fourth-order valence-corrected chi connectivity index (χ4v) is 6.25. The lowest BCUT2D eigenvalue weighted by Crippen LogP contribution is -2.45. The van der Waals surface area contributed by atoms with Crippen molar-refractivity contribution in [1.82, 2.24) is 15.1 Å². The number of hydrogen-bond donors (Lipinski definition) is 1. The summed E-state index contributed by atoms with van der Waals surface area (Å²) in [5, 5.41) is 3.49. The molecule has 4 rings (SSSR count). The van der Waals surface area contributed by atoms with Gasteiger partial charge in [-0.1, -0.05) is 41.9 Å². The lowest BCUT2D eigenvalue weighted by atomic mass is 9.77. The Kier molecular flexibility index (Phi) is 10.1. The van der Waals surface area contributed by atoms with Crippen LogP contribution >= 0.6 is 24.0 Å². The number of likely N-dealkylation sites (tertiary alicyclic amines) is 2. The molecule has 8 nitrogen and oxygen atoms in total. The van der Waals surface area contributed by atoms with Gasteiger partial charge in [0.15, 0.2) is 9.84 Å². The van der Waals surface area contributed by atoms with Gasteiger partial charge >= 0.3 is 6.09 Å². The van der Waals surface area contributed by atoms with E-state index < -0.39 is 15.9 Å². The van der Waals surface area contributed by atoms with Crippen LogP contribution in [0.3, 0.4) is 0 Å². The smallest absolute Gasteiger partial charge is 0.407 e. The van der Waals surface area contributed by atoms with Crippen LogP contribution in [0.1, 0.15) is 42.9 Å². The first kappa shape index (κ1) is 30.2. The van der Waals surface area contributed by atoms with Gasteiger partial charge in [-0.2, -0.15) is 0 Å². The second kappa shape index (κ2) is 12.7. The van der Waals surface area contributed by atoms with Gasteiger partial charge in [0.25, 0.3) is 0 Å². The Labute approximate surface area is 236 Å².